The molecule has 0 aliphatic rings. The summed E-state index contributed by atoms with van der Waals surface area (Å²) < 4.78 is 4.90. The zero-order chi connectivity index (χ0) is 13.3. The number of nitrogens with one attached hydrogen (secondary N) is 1. The van der Waals surface area contributed by atoms with Gasteiger partial charge in [0.15, 0.2) is 0 Å². The van der Waals surface area contributed by atoms with Gasteiger partial charge in [0.1, 0.15) is 0 Å². The van der Waals surface area contributed by atoms with Crippen LogP contribution in [0.15, 0.2) is 11.8 Å². The minimum absolute atomic E-state index is 0.235. The molecule has 0 fully saturated rings. The summed E-state index contributed by atoms with van der Waals surface area (Å²) in [6.07, 6.45) is 3.72. The van der Waals surface area contributed by atoms with E-state index in [2.05, 4.69) is 26.3 Å². The standard InChI is InChI=1S/C13H25NO3/c1-6-8-10(3)11(4)12(14-16-5)9-13(15)17-7-2/h9-11,14H,6-8H2,1-5H3/b12-9+/t10-,11-/m1/s1. The normalized spacial score (nSPS) is 15.2. The maximum atomic E-state index is 11.4. The van der Waals surface area contributed by atoms with Crippen molar-refractivity contribution in [2.75, 3.05) is 13.7 Å². The summed E-state index contributed by atoms with van der Waals surface area (Å²) in [5.41, 5.74) is 3.54. The van der Waals surface area contributed by atoms with Gasteiger partial charge in [0.25, 0.3) is 0 Å². The summed E-state index contributed by atoms with van der Waals surface area (Å²) in [7, 11) is 1.54. The van der Waals surface area contributed by atoms with Crippen LogP contribution in [0.3, 0.4) is 0 Å². The summed E-state index contributed by atoms with van der Waals surface area (Å²) in [5.74, 6) is 0.394. The molecule has 0 rings (SSSR count). The van der Waals surface area contributed by atoms with Gasteiger partial charge in [0.2, 0.25) is 0 Å². The molecule has 0 aliphatic carbocycles. The molecule has 1 N–H and O–H groups in total. The van der Waals surface area contributed by atoms with Gasteiger partial charge in [-0.3, -0.25) is 10.3 Å². The molecule has 0 spiro atoms. The zero-order valence-corrected chi connectivity index (χ0v) is 11.6. The number of esters is 1. The molecule has 4 nitrogen and oxygen atoms in total. The van der Waals surface area contributed by atoms with Crippen LogP contribution < -0.4 is 5.48 Å². The largest absolute Gasteiger partial charge is 0.463 e. The van der Waals surface area contributed by atoms with Crippen LogP contribution in [-0.2, 0) is 14.4 Å². The molecule has 4 heteroatoms. The highest BCUT2D eigenvalue weighted by atomic mass is 16.6. The first-order valence-electron chi connectivity index (χ1n) is 6.24. The molecule has 0 saturated heterocycles. The lowest BCUT2D eigenvalue weighted by molar-refractivity contribution is -0.137. The van der Waals surface area contributed by atoms with Crippen molar-refractivity contribution in [3.63, 3.8) is 0 Å². The van der Waals surface area contributed by atoms with E-state index in [0.29, 0.717) is 12.5 Å². The molecule has 2 atom stereocenters. The molecule has 0 bridgehead atoms. The van der Waals surface area contributed by atoms with E-state index in [-0.39, 0.29) is 11.9 Å². The first-order valence-corrected chi connectivity index (χ1v) is 6.24. The van der Waals surface area contributed by atoms with Gasteiger partial charge in [-0.05, 0) is 12.8 Å². The molecule has 0 heterocycles. The highest BCUT2D eigenvalue weighted by Gasteiger charge is 2.17. The summed E-state index contributed by atoms with van der Waals surface area (Å²) in [5, 5.41) is 0. The second-order valence-corrected chi connectivity index (χ2v) is 4.21. The summed E-state index contributed by atoms with van der Waals surface area (Å²) in [6.45, 7) is 8.58. The van der Waals surface area contributed by atoms with Crippen molar-refractivity contribution >= 4 is 5.97 Å². The third-order valence-electron chi connectivity index (χ3n) is 2.87. The van der Waals surface area contributed by atoms with E-state index < -0.39 is 0 Å². The number of hydroxylamine groups is 1. The van der Waals surface area contributed by atoms with Gasteiger partial charge >= 0.3 is 5.97 Å². The Morgan fingerprint density at radius 1 is 1.35 bits per heavy atom. The van der Waals surface area contributed by atoms with Gasteiger partial charge in [0, 0.05) is 17.7 Å². The number of hydrogen-bond acceptors (Lipinski definition) is 4. The maximum absolute atomic E-state index is 11.4. The Morgan fingerprint density at radius 2 is 2.00 bits per heavy atom. The lowest BCUT2D eigenvalue weighted by atomic mass is 9.89. The Kier molecular flexibility index (Phi) is 8.50. The predicted octanol–water partition coefficient (Wildman–Crippen LogP) is 2.66. The molecule has 0 amide bonds. The van der Waals surface area contributed by atoms with Gasteiger partial charge in [-0.25, -0.2) is 4.79 Å². The maximum Gasteiger partial charge on any atom is 0.332 e. The van der Waals surface area contributed by atoms with Crippen LogP contribution in [0.1, 0.15) is 40.5 Å². The number of hydrogen-bond donors (Lipinski definition) is 1. The minimum Gasteiger partial charge on any atom is -0.463 e. The number of ether oxygens (including phenoxy) is 1. The summed E-state index contributed by atoms with van der Waals surface area (Å²) >= 11 is 0. The van der Waals surface area contributed by atoms with E-state index in [1.807, 2.05) is 0 Å². The number of carbonyl (C=O) groups excluding carboxylic acids is 1. The minimum atomic E-state index is -0.331. The van der Waals surface area contributed by atoms with E-state index >= 15 is 0 Å². The van der Waals surface area contributed by atoms with E-state index in [4.69, 9.17) is 9.57 Å². The van der Waals surface area contributed by atoms with Gasteiger partial charge in [-0.15, -0.1) is 0 Å². The van der Waals surface area contributed by atoms with Crippen molar-refractivity contribution in [3.8, 4) is 0 Å². The Bertz CT molecular complexity index is 251. The smallest absolute Gasteiger partial charge is 0.332 e. The number of allylic oxidation sites excluding steroid dienone is 1. The fourth-order valence-corrected chi connectivity index (χ4v) is 1.69. The monoisotopic (exact) mass is 243 g/mol. The molecule has 0 radical (unpaired) electrons. The number of carbonyl (C=O) groups is 1. The molecule has 100 valence electrons. The van der Waals surface area contributed by atoms with E-state index in [1.165, 1.54) is 13.2 Å². The van der Waals surface area contributed by atoms with Gasteiger partial charge in [-0.1, -0.05) is 33.6 Å². The predicted molar refractivity (Wildman–Crippen MR) is 68.1 cm³/mol. The van der Waals surface area contributed by atoms with Crippen LogP contribution >= 0.6 is 0 Å². The highest BCUT2D eigenvalue weighted by Crippen LogP contribution is 2.22. The van der Waals surface area contributed by atoms with Crippen molar-refractivity contribution < 1.29 is 14.4 Å². The van der Waals surface area contributed by atoms with Crippen molar-refractivity contribution in [2.45, 2.75) is 40.5 Å². The zero-order valence-electron chi connectivity index (χ0n) is 11.6. The molecule has 0 unspecified atom stereocenters. The first-order chi connectivity index (χ1) is 8.06. The van der Waals surface area contributed by atoms with Crippen LogP contribution in [0, 0.1) is 11.8 Å². The summed E-state index contributed by atoms with van der Waals surface area (Å²) in [6, 6.07) is 0. The van der Waals surface area contributed by atoms with Crippen molar-refractivity contribution in [2.24, 2.45) is 11.8 Å². The van der Waals surface area contributed by atoms with Crippen LogP contribution in [0.25, 0.3) is 0 Å². The summed E-state index contributed by atoms with van der Waals surface area (Å²) in [4.78, 5) is 16.3. The van der Waals surface area contributed by atoms with E-state index in [0.717, 1.165) is 18.5 Å². The fourth-order valence-electron chi connectivity index (χ4n) is 1.69. The first kappa shape index (κ1) is 16.0. The molecule has 0 aliphatic heterocycles. The van der Waals surface area contributed by atoms with Crippen molar-refractivity contribution in [1.29, 1.82) is 0 Å². The average molecular weight is 243 g/mol. The lowest BCUT2D eigenvalue weighted by Crippen LogP contribution is -2.23. The van der Waals surface area contributed by atoms with E-state index in [1.54, 1.807) is 6.92 Å². The molecule has 0 aromatic carbocycles. The van der Waals surface area contributed by atoms with Crippen LogP contribution in [0.5, 0.6) is 0 Å². The Balaban J connectivity index is 4.64. The molecular formula is C13H25NO3. The Labute approximate surface area is 104 Å². The van der Waals surface area contributed by atoms with Crippen molar-refractivity contribution in [1.82, 2.24) is 5.48 Å². The fraction of sp³-hybridized carbons (Fsp3) is 0.769. The van der Waals surface area contributed by atoms with Gasteiger partial charge < -0.3 is 4.74 Å². The van der Waals surface area contributed by atoms with Crippen LogP contribution in [-0.4, -0.2) is 19.7 Å². The van der Waals surface area contributed by atoms with Crippen LogP contribution in [0.2, 0.25) is 0 Å². The lowest BCUT2D eigenvalue weighted by Gasteiger charge is -2.22. The van der Waals surface area contributed by atoms with Crippen LogP contribution in [0.4, 0.5) is 0 Å². The second kappa shape index (κ2) is 9.05. The topological polar surface area (TPSA) is 47.6 Å². The van der Waals surface area contributed by atoms with E-state index in [9.17, 15) is 4.79 Å². The molecule has 0 aromatic rings. The molecule has 0 aromatic heterocycles. The quantitative estimate of drug-likeness (QED) is 0.404. The molecule has 0 saturated carbocycles. The second-order valence-electron chi connectivity index (χ2n) is 4.21. The Hall–Kier alpha value is -1.03. The average Bonchev–Trinajstić information content (AvgIpc) is 2.28. The third-order valence-corrected chi connectivity index (χ3v) is 2.87. The Morgan fingerprint density at radius 3 is 2.47 bits per heavy atom. The molecule has 17 heavy (non-hydrogen) atoms. The highest BCUT2D eigenvalue weighted by molar-refractivity contribution is 5.82. The molecular weight excluding hydrogens is 218 g/mol. The number of rotatable bonds is 8. The van der Waals surface area contributed by atoms with Gasteiger partial charge in [0.05, 0.1) is 13.7 Å². The SMILES string of the molecule is CCC[C@@H](C)[C@@H](C)/C(=C\C(=O)OCC)NOC. The van der Waals surface area contributed by atoms with Crippen molar-refractivity contribution in [3.05, 3.63) is 11.8 Å². The third kappa shape index (κ3) is 6.31. The van der Waals surface area contributed by atoms with Gasteiger partial charge in [-0.2, -0.15) is 0 Å².